The smallest absolute Gasteiger partial charge is 0.255 e. The molecule has 0 radical (unpaired) electrons. The third-order valence-electron chi connectivity index (χ3n) is 5.76. The van der Waals surface area contributed by atoms with Crippen molar-refractivity contribution in [1.29, 1.82) is 0 Å². The maximum atomic E-state index is 13.0. The summed E-state index contributed by atoms with van der Waals surface area (Å²) < 4.78 is 27.4. The van der Waals surface area contributed by atoms with E-state index in [1.54, 1.807) is 12.1 Å². The van der Waals surface area contributed by atoms with E-state index in [-0.39, 0.29) is 10.8 Å². The topological polar surface area (TPSA) is 66.5 Å². The monoisotopic (exact) mass is 398 g/mol. The van der Waals surface area contributed by atoms with Crippen LogP contribution in [0.4, 0.5) is 5.69 Å². The minimum Gasteiger partial charge on any atom is -0.322 e. The Morgan fingerprint density at radius 2 is 1.68 bits per heavy atom. The second-order valence-electron chi connectivity index (χ2n) is 7.73. The molecule has 148 valence electrons. The summed E-state index contributed by atoms with van der Waals surface area (Å²) >= 11 is 0. The summed E-state index contributed by atoms with van der Waals surface area (Å²) in [5.41, 5.74) is 4.56. The van der Waals surface area contributed by atoms with E-state index < -0.39 is 10.0 Å². The molecule has 1 heterocycles. The number of nitrogens with zero attached hydrogens (tertiary/aromatic N) is 1. The molecule has 2 aromatic carbocycles. The standard InChI is InChI=1S/C22H26N2O3S/c1-16-8-11-20(28(26,27)24-12-3-2-4-13-24)15-21(16)22(25)23-19-10-9-17-6-5-7-18(17)14-19/h8-11,14-15H,2-7,12-13H2,1H3,(H,23,25). The zero-order chi connectivity index (χ0) is 19.7. The number of hydrogen-bond acceptors (Lipinski definition) is 3. The van der Waals surface area contributed by atoms with E-state index >= 15 is 0 Å². The van der Waals surface area contributed by atoms with Crippen LogP contribution in [0.25, 0.3) is 0 Å². The van der Waals surface area contributed by atoms with Crippen molar-refractivity contribution in [3.05, 3.63) is 58.7 Å². The summed E-state index contributed by atoms with van der Waals surface area (Å²) in [6.45, 7) is 2.93. The minimum absolute atomic E-state index is 0.194. The second kappa shape index (κ2) is 7.68. The highest BCUT2D eigenvalue weighted by atomic mass is 32.2. The molecule has 1 amide bonds. The first-order valence-corrected chi connectivity index (χ1v) is 11.4. The van der Waals surface area contributed by atoms with Crippen LogP contribution in [-0.2, 0) is 22.9 Å². The molecule has 2 aliphatic rings. The molecule has 6 heteroatoms. The number of amides is 1. The quantitative estimate of drug-likeness (QED) is 0.849. The Labute approximate surface area is 166 Å². The van der Waals surface area contributed by atoms with Gasteiger partial charge in [0.15, 0.2) is 0 Å². The summed E-state index contributed by atoms with van der Waals surface area (Å²) in [6, 6.07) is 10.9. The molecular weight excluding hydrogens is 372 g/mol. The van der Waals surface area contributed by atoms with E-state index in [4.69, 9.17) is 0 Å². The SMILES string of the molecule is Cc1ccc(S(=O)(=O)N2CCCCC2)cc1C(=O)Nc1ccc2c(c1)CCC2. The van der Waals surface area contributed by atoms with Crippen LogP contribution in [0.5, 0.6) is 0 Å². The number of benzene rings is 2. The molecule has 1 aliphatic heterocycles. The molecule has 0 saturated carbocycles. The van der Waals surface area contributed by atoms with Crippen LogP contribution in [0.3, 0.4) is 0 Å². The van der Waals surface area contributed by atoms with Crippen LogP contribution in [0.1, 0.15) is 52.7 Å². The van der Waals surface area contributed by atoms with Crippen LogP contribution >= 0.6 is 0 Å². The van der Waals surface area contributed by atoms with Gasteiger partial charge in [-0.15, -0.1) is 0 Å². The number of sulfonamides is 1. The van der Waals surface area contributed by atoms with E-state index in [1.165, 1.54) is 21.5 Å². The predicted molar refractivity (Wildman–Crippen MR) is 110 cm³/mol. The Hall–Kier alpha value is -2.18. The zero-order valence-electron chi connectivity index (χ0n) is 16.2. The fourth-order valence-corrected chi connectivity index (χ4v) is 5.65. The van der Waals surface area contributed by atoms with Gasteiger partial charge in [0, 0.05) is 24.3 Å². The van der Waals surface area contributed by atoms with Crippen molar-refractivity contribution in [2.45, 2.75) is 50.3 Å². The number of anilines is 1. The molecule has 0 atom stereocenters. The Kier molecular flexibility index (Phi) is 5.25. The minimum atomic E-state index is -3.56. The molecular formula is C22H26N2O3S. The van der Waals surface area contributed by atoms with Gasteiger partial charge in [-0.05, 0) is 80.0 Å². The number of hydrogen-bond donors (Lipinski definition) is 1. The Morgan fingerprint density at radius 1 is 0.929 bits per heavy atom. The first kappa shape index (κ1) is 19.2. The number of rotatable bonds is 4. The van der Waals surface area contributed by atoms with Gasteiger partial charge in [-0.2, -0.15) is 4.31 Å². The van der Waals surface area contributed by atoms with Crippen LogP contribution in [0, 0.1) is 6.92 Å². The van der Waals surface area contributed by atoms with Crippen molar-refractivity contribution in [3.63, 3.8) is 0 Å². The molecule has 1 aliphatic carbocycles. The van der Waals surface area contributed by atoms with Crippen molar-refractivity contribution in [2.24, 2.45) is 0 Å². The van der Waals surface area contributed by atoms with Gasteiger partial charge in [0.25, 0.3) is 5.91 Å². The van der Waals surface area contributed by atoms with Crippen molar-refractivity contribution < 1.29 is 13.2 Å². The number of piperidine rings is 1. The first-order valence-electron chi connectivity index (χ1n) is 9.99. The number of nitrogens with one attached hydrogen (secondary N) is 1. The van der Waals surface area contributed by atoms with Gasteiger partial charge < -0.3 is 5.32 Å². The molecule has 1 saturated heterocycles. The maximum absolute atomic E-state index is 13.0. The maximum Gasteiger partial charge on any atom is 0.255 e. The van der Waals surface area contributed by atoms with Crippen LogP contribution in [0.15, 0.2) is 41.3 Å². The van der Waals surface area contributed by atoms with Gasteiger partial charge in [0.05, 0.1) is 4.90 Å². The molecule has 0 aromatic heterocycles. The highest BCUT2D eigenvalue weighted by Gasteiger charge is 2.27. The number of carbonyl (C=O) groups is 1. The lowest BCUT2D eigenvalue weighted by Crippen LogP contribution is -2.35. The molecule has 4 rings (SSSR count). The lowest BCUT2D eigenvalue weighted by Gasteiger charge is -2.26. The van der Waals surface area contributed by atoms with E-state index in [1.807, 2.05) is 19.1 Å². The van der Waals surface area contributed by atoms with E-state index in [9.17, 15) is 13.2 Å². The summed E-state index contributed by atoms with van der Waals surface area (Å²) in [5, 5.41) is 2.94. The molecule has 0 spiro atoms. The van der Waals surface area contributed by atoms with Gasteiger partial charge >= 0.3 is 0 Å². The Morgan fingerprint density at radius 3 is 2.46 bits per heavy atom. The average molecular weight is 399 g/mol. The van der Waals surface area contributed by atoms with Crippen molar-refractivity contribution >= 4 is 21.6 Å². The summed E-state index contributed by atoms with van der Waals surface area (Å²) in [7, 11) is -3.56. The normalized spacial score (nSPS) is 17.3. The first-order chi connectivity index (χ1) is 13.4. The lowest BCUT2D eigenvalue weighted by atomic mass is 10.1. The molecule has 0 unspecified atom stereocenters. The molecule has 0 bridgehead atoms. The van der Waals surface area contributed by atoms with Crippen molar-refractivity contribution in [1.82, 2.24) is 4.31 Å². The highest BCUT2D eigenvalue weighted by Crippen LogP contribution is 2.26. The summed E-state index contributed by atoms with van der Waals surface area (Å²) in [5.74, 6) is -0.272. The Balaban J connectivity index is 1.59. The molecule has 28 heavy (non-hydrogen) atoms. The summed E-state index contributed by atoms with van der Waals surface area (Å²) in [4.78, 5) is 13.1. The fraction of sp³-hybridized carbons (Fsp3) is 0.409. The van der Waals surface area contributed by atoms with Crippen molar-refractivity contribution in [3.8, 4) is 0 Å². The third-order valence-corrected chi connectivity index (χ3v) is 7.66. The van der Waals surface area contributed by atoms with E-state index in [0.717, 1.165) is 49.8 Å². The van der Waals surface area contributed by atoms with Gasteiger partial charge in [-0.25, -0.2) is 8.42 Å². The van der Waals surface area contributed by atoms with E-state index in [2.05, 4.69) is 11.4 Å². The lowest BCUT2D eigenvalue weighted by molar-refractivity contribution is 0.102. The number of carbonyl (C=O) groups excluding carboxylic acids is 1. The van der Waals surface area contributed by atoms with Crippen LogP contribution in [0.2, 0.25) is 0 Å². The third kappa shape index (κ3) is 3.71. The van der Waals surface area contributed by atoms with Gasteiger partial charge in [-0.1, -0.05) is 18.6 Å². The number of fused-ring (bicyclic) bond motifs is 1. The fourth-order valence-electron chi connectivity index (χ4n) is 4.11. The molecule has 5 nitrogen and oxygen atoms in total. The number of aryl methyl sites for hydroxylation is 3. The zero-order valence-corrected chi connectivity index (χ0v) is 17.0. The predicted octanol–water partition coefficient (Wildman–Crippen LogP) is 3.91. The van der Waals surface area contributed by atoms with Crippen molar-refractivity contribution in [2.75, 3.05) is 18.4 Å². The second-order valence-corrected chi connectivity index (χ2v) is 9.67. The van der Waals surface area contributed by atoms with E-state index in [0.29, 0.717) is 18.7 Å². The van der Waals surface area contributed by atoms with Gasteiger partial charge in [-0.3, -0.25) is 4.79 Å². The largest absolute Gasteiger partial charge is 0.322 e. The molecule has 1 fully saturated rings. The van der Waals surface area contributed by atoms with Gasteiger partial charge in [0.2, 0.25) is 10.0 Å². The van der Waals surface area contributed by atoms with Crippen LogP contribution in [-0.4, -0.2) is 31.7 Å². The Bertz CT molecular complexity index is 1010. The van der Waals surface area contributed by atoms with Crippen LogP contribution < -0.4 is 5.32 Å². The molecule has 2 aromatic rings. The highest BCUT2D eigenvalue weighted by molar-refractivity contribution is 7.89. The van der Waals surface area contributed by atoms with Gasteiger partial charge in [0.1, 0.15) is 0 Å². The summed E-state index contributed by atoms with van der Waals surface area (Å²) in [6.07, 6.45) is 6.13. The average Bonchev–Trinajstić information content (AvgIpc) is 3.16. The molecule has 1 N–H and O–H groups in total.